The maximum absolute atomic E-state index is 12.6. The van der Waals surface area contributed by atoms with Crippen molar-refractivity contribution in [1.29, 1.82) is 0 Å². The molecule has 0 spiro atoms. The number of nitrogens with zero attached hydrogens (tertiary/aromatic N) is 4. The lowest BCUT2D eigenvalue weighted by Gasteiger charge is -2.30. The molecule has 0 radical (unpaired) electrons. The SMILES string of the molecule is COC(=O)C1CCN(C(=O)c2cc(N3CCCC3)ncn2)CC1. The maximum atomic E-state index is 12.6. The first-order chi connectivity index (χ1) is 11.2. The Balaban J connectivity index is 1.64. The lowest BCUT2D eigenvalue weighted by Crippen LogP contribution is -2.40. The van der Waals surface area contributed by atoms with E-state index in [9.17, 15) is 9.59 Å². The number of carbonyl (C=O) groups is 2. The van der Waals surface area contributed by atoms with Crippen molar-refractivity contribution >= 4 is 17.7 Å². The molecule has 1 aromatic heterocycles. The predicted octanol–water partition coefficient (Wildman–Crippen LogP) is 1.10. The fourth-order valence-corrected chi connectivity index (χ4v) is 3.23. The second-order valence-corrected chi connectivity index (χ2v) is 6.05. The van der Waals surface area contributed by atoms with E-state index in [-0.39, 0.29) is 17.8 Å². The lowest BCUT2D eigenvalue weighted by molar-refractivity contribution is -0.146. The highest BCUT2D eigenvalue weighted by atomic mass is 16.5. The van der Waals surface area contributed by atoms with Crippen LogP contribution in [0.15, 0.2) is 12.4 Å². The van der Waals surface area contributed by atoms with Crippen molar-refractivity contribution in [2.45, 2.75) is 25.7 Å². The molecule has 0 saturated carbocycles. The van der Waals surface area contributed by atoms with Crippen LogP contribution in [0, 0.1) is 5.92 Å². The molecule has 2 aliphatic rings. The van der Waals surface area contributed by atoms with Gasteiger partial charge in [0.2, 0.25) is 0 Å². The van der Waals surface area contributed by atoms with Crippen LogP contribution in [-0.2, 0) is 9.53 Å². The molecular weight excluding hydrogens is 296 g/mol. The largest absolute Gasteiger partial charge is 0.469 e. The summed E-state index contributed by atoms with van der Waals surface area (Å²) in [6, 6.07) is 1.78. The van der Waals surface area contributed by atoms with Gasteiger partial charge in [0.15, 0.2) is 0 Å². The van der Waals surface area contributed by atoms with E-state index in [4.69, 9.17) is 4.74 Å². The molecule has 7 nitrogen and oxygen atoms in total. The van der Waals surface area contributed by atoms with Crippen molar-refractivity contribution in [3.05, 3.63) is 18.1 Å². The van der Waals surface area contributed by atoms with Crippen LogP contribution in [0.1, 0.15) is 36.2 Å². The summed E-state index contributed by atoms with van der Waals surface area (Å²) in [4.78, 5) is 36.5. The van der Waals surface area contributed by atoms with Crippen LogP contribution >= 0.6 is 0 Å². The van der Waals surface area contributed by atoms with Crippen LogP contribution in [0.25, 0.3) is 0 Å². The highest BCUT2D eigenvalue weighted by Crippen LogP contribution is 2.21. The molecule has 0 aliphatic carbocycles. The van der Waals surface area contributed by atoms with Gasteiger partial charge in [-0.2, -0.15) is 0 Å². The molecule has 0 bridgehead atoms. The number of methoxy groups -OCH3 is 1. The molecule has 2 saturated heterocycles. The molecule has 7 heteroatoms. The Hall–Kier alpha value is -2.18. The minimum absolute atomic E-state index is 0.0869. The van der Waals surface area contributed by atoms with Crippen molar-refractivity contribution in [3.63, 3.8) is 0 Å². The van der Waals surface area contributed by atoms with Crippen LogP contribution in [-0.4, -0.2) is 60.0 Å². The summed E-state index contributed by atoms with van der Waals surface area (Å²) in [6.07, 6.45) is 5.07. The van der Waals surface area contributed by atoms with Crippen molar-refractivity contribution in [2.24, 2.45) is 5.92 Å². The molecule has 3 heterocycles. The number of hydrogen-bond donors (Lipinski definition) is 0. The molecule has 2 fully saturated rings. The number of anilines is 1. The van der Waals surface area contributed by atoms with Crippen molar-refractivity contribution in [1.82, 2.24) is 14.9 Å². The van der Waals surface area contributed by atoms with Crippen LogP contribution in [0.3, 0.4) is 0 Å². The van der Waals surface area contributed by atoms with Gasteiger partial charge in [-0.15, -0.1) is 0 Å². The number of amides is 1. The molecular formula is C16H22N4O3. The number of likely N-dealkylation sites (tertiary alicyclic amines) is 1. The van der Waals surface area contributed by atoms with Crippen LogP contribution in [0.5, 0.6) is 0 Å². The summed E-state index contributed by atoms with van der Waals surface area (Å²) >= 11 is 0. The van der Waals surface area contributed by atoms with Crippen molar-refractivity contribution < 1.29 is 14.3 Å². The van der Waals surface area contributed by atoms with Crippen LogP contribution < -0.4 is 4.90 Å². The van der Waals surface area contributed by atoms with Crippen molar-refractivity contribution in [2.75, 3.05) is 38.2 Å². The molecule has 3 rings (SSSR count). The number of carbonyl (C=O) groups excluding carboxylic acids is 2. The summed E-state index contributed by atoms with van der Waals surface area (Å²) in [5.74, 6) is 0.450. The van der Waals surface area contributed by atoms with Gasteiger partial charge in [-0.05, 0) is 25.7 Å². The Morgan fingerprint density at radius 1 is 1.13 bits per heavy atom. The van der Waals surface area contributed by atoms with E-state index < -0.39 is 0 Å². The van der Waals surface area contributed by atoms with Gasteiger partial charge in [0.05, 0.1) is 13.0 Å². The number of hydrogen-bond acceptors (Lipinski definition) is 6. The third-order valence-electron chi connectivity index (χ3n) is 4.62. The number of esters is 1. The molecule has 1 amide bonds. The van der Waals surface area contributed by atoms with E-state index in [2.05, 4.69) is 14.9 Å². The van der Waals surface area contributed by atoms with Gasteiger partial charge >= 0.3 is 5.97 Å². The predicted molar refractivity (Wildman–Crippen MR) is 84.1 cm³/mol. The first-order valence-corrected chi connectivity index (χ1v) is 8.13. The third-order valence-corrected chi connectivity index (χ3v) is 4.62. The topological polar surface area (TPSA) is 75.6 Å². The molecule has 2 aliphatic heterocycles. The van der Waals surface area contributed by atoms with E-state index in [1.807, 2.05) is 0 Å². The van der Waals surface area contributed by atoms with E-state index in [1.165, 1.54) is 13.4 Å². The van der Waals surface area contributed by atoms with Crippen LogP contribution in [0.4, 0.5) is 5.82 Å². The average molecular weight is 318 g/mol. The second-order valence-electron chi connectivity index (χ2n) is 6.05. The monoisotopic (exact) mass is 318 g/mol. The fourth-order valence-electron chi connectivity index (χ4n) is 3.23. The second kappa shape index (κ2) is 6.93. The van der Waals surface area contributed by atoms with Gasteiger partial charge < -0.3 is 14.5 Å². The van der Waals surface area contributed by atoms with Gasteiger partial charge in [0, 0.05) is 32.2 Å². The fraction of sp³-hybridized carbons (Fsp3) is 0.625. The Morgan fingerprint density at radius 3 is 2.48 bits per heavy atom. The highest BCUT2D eigenvalue weighted by Gasteiger charge is 2.29. The molecule has 0 N–H and O–H groups in total. The molecule has 0 aromatic carbocycles. The van der Waals surface area contributed by atoms with Gasteiger partial charge in [0.1, 0.15) is 17.8 Å². The summed E-state index contributed by atoms with van der Waals surface area (Å²) in [5, 5.41) is 0. The molecule has 1 aromatic rings. The molecule has 23 heavy (non-hydrogen) atoms. The van der Waals surface area contributed by atoms with E-state index in [0.717, 1.165) is 31.7 Å². The lowest BCUT2D eigenvalue weighted by atomic mass is 9.97. The average Bonchev–Trinajstić information content (AvgIpc) is 3.15. The minimum atomic E-state index is -0.185. The van der Waals surface area contributed by atoms with Crippen LogP contribution in [0.2, 0.25) is 0 Å². The zero-order chi connectivity index (χ0) is 16.2. The Morgan fingerprint density at radius 2 is 1.83 bits per heavy atom. The summed E-state index contributed by atoms with van der Waals surface area (Å²) < 4.78 is 4.77. The minimum Gasteiger partial charge on any atom is -0.469 e. The number of ether oxygens (including phenoxy) is 1. The standard InChI is InChI=1S/C16H22N4O3/c1-23-16(22)12-4-8-20(9-5-12)15(21)13-10-14(18-11-17-13)19-6-2-3-7-19/h10-12H,2-9H2,1H3. The zero-order valence-corrected chi connectivity index (χ0v) is 13.4. The molecule has 0 unspecified atom stereocenters. The molecule has 124 valence electrons. The third kappa shape index (κ3) is 3.43. The summed E-state index contributed by atoms with van der Waals surface area (Å²) in [6.45, 7) is 3.08. The summed E-state index contributed by atoms with van der Waals surface area (Å²) in [7, 11) is 1.40. The smallest absolute Gasteiger partial charge is 0.308 e. The van der Waals surface area contributed by atoms with E-state index in [1.54, 1.807) is 11.0 Å². The van der Waals surface area contributed by atoms with Gasteiger partial charge in [-0.25, -0.2) is 9.97 Å². The van der Waals surface area contributed by atoms with E-state index in [0.29, 0.717) is 31.6 Å². The van der Waals surface area contributed by atoms with E-state index >= 15 is 0 Å². The Kier molecular flexibility index (Phi) is 4.73. The number of piperidine rings is 1. The Bertz CT molecular complexity index is 578. The quantitative estimate of drug-likeness (QED) is 0.777. The normalized spacial score (nSPS) is 19.0. The number of rotatable bonds is 3. The van der Waals surface area contributed by atoms with Gasteiger partial charge in [0.25, 0.3) is 5.91 Å². The molecule has 0 atom stereocenters. The Labute approximate surface area is 135 Å². The van der Waals surface area contributed by atoms with Crippen molar-refractivity contribution in [3.8, 4) is 0 Å². The first kappa shape index (κ1) is 15.7. The highest BCUT2D eigenvalue weighted by molar-refractivity contribution is 5.93. The zero-order valence-electron chi connectivity index (χ0n) is 13.4. The summed E-state index contributed by atoms with van der Waals surface area (Å²) in [5.41, 5.74) is 0.429. The van der Waals surface area contributed by atoms with Gasteiger partial charge in [-0.1, -0.05) is 0 Å². The first-order valence-electron chi connectivity index (χ1n) is 8.13. The maximum Gasteiger partial charge on any atom is 0.308 e. The van der Waals surface area contributed by atoms with Gasteiger partial charge in [-0.3, -0.25) is 9.59 Å². The number of aromatic nitrogens is 2.